The minimum atomic E-state index is -4.66. The number of halogens is 3. The van der Waals surface area contributed by atoms with E-state index in [1.54, 1.807) is 37.3 Å². The Hall–Kier alpha value is -3.27. The summed E-state index contributed by atoms with van der Waals surface area (Å²) in [5.41, 5.74) is 0.717. The van der Waals surface area contributed by atoms with Crippen LogP contribution in [0.4, 0.5) is 24.7 Å². The van der Waals surface area contributed by atoms with E-state index in [9.17, 15) is 21.6 Å². The predicted molar refractivity (Wildman–Crippen MR) is 123 cm³/mol. The summed E-state index contributed by atoms with van der Waals surface area (Å²) < 4.78 is 69.0. The van der Waals surface area contributed by atoms with E-state index in [2.05, 4.69) is 15.3 Å². The van der Waals surface area contributed by atoms with Gasteiger partial charge in [-0.3, -0.25) is 0 Å². The molecule has 1 atom stereocenters. The van der Waals surface area contributed by atoms with Crippen molar-refractivity contribution >= 4 is 21.3 Å². The Morgan fingerprint density at radius 2 is 1.65 bits per heavy atom. The third kappa shape index (κ3) is 3.85. The second-order valence-electron chi connectivity index (χ2n) is 8.48. The smallest absolute Gasteiger partial charge is 0.372 e. The molecule has 1 aromatic heterocycles. The summed E-state index contributed by atoms with van der Waals surface area (Å²) in [6.07, 6.45) is -2.45. The molecular weight excluding hydrogens is 465 g/mol. The number of benzene rings is 2. The lowest BCUT2D eigenvalue weighted by molar-refractivity contribution is -0.141. The summed E-state index contributed by atoms with van der Waals surface area (Å²) in [5, 5.41) is 6.62. The van der Waals surface area contributed by atoms with Crippen LogP contribution in [0.3, 0.4) is 0 Å². The van der Waals surface area contributed by atoms with Crippen LogP contribution in [0.2, 0.25) is 0 Å². The molecule has 2 aromatic carbocycles. The first-order chi connectivity index (χ1) is 16.2. The third-order valence-electron chi connectivity index (χ3n) is 6.23. The van der Waals surface area contributed by atoms with Crippen LogP contribution in [0.15, 0.2) is 76.2 Å². The van der Waals surface area contributed by atoms with E-state index in [-0.39, 0.29) is 21.3 Å². The molecule has 1 fully saturated rings. The van der Waals surface area contributed by atoms with Crippen LogP contribution in [0.1, 0.15) is 37.1 Å². The molecule has 3 heterocycles. The summed E-state index contributed by atoms with van der Waals surface area (Å²) in [4.78, 5) is 2.27. The average molecular weight is 489 g/mol. The number of fused-ring (bicyclic) bond motifs is 1. The summed E-state index contributed by atoms with van der Waals surface area (Å²) in [6.45, 7) is 3.44. The maximum atomic E-state index is 13.7. The van der Waals surface area contributed by atoms with Gasteiger partial charge in [-0.1, -0.05) is 30.3 Å². The zero-order valence-corrected chi connectivity index (χ0v) is 19.2. The number of nitrogens with zero attached hydrogens (tertiary/aromatic N) is 3. The molecule has 0 radical (unpaired) electrons. The van der Waals surface area contributed by atoms with Crippen molar-refractivity contribution < 1.29 is 21.6 Å². The van der Waals surface area contributed by atoms with Gasteiger partial charge in [0.1, 0.15) is 11.9 Å². The second-order valence-corrected chi connectivity index (χ2v) is 10.4. The fourth-order valence-corrected chi connectivity index (χ4v) is 6.36. The number of nitrogens with one attached hydrogen (secondary N) is 1. The summed E-state index contributed by atoms with van der Waals surface area (Å²) in [6, 6.07) is 15.1. The van der Waals surface area contributed by atoms with Crippen molar-refractivity contribution in [3.8, 4) is 0 Å². The highest BCUT2D eigenvalue weighted by Gasteiger charge is 2.41. The Morgan fingerprint density at radius 1 is 1.00 bits per heavy atom. The van der Waals surface area contributed by atoms with E-state index in [1.165, 1.54) is 12.1 Å². The van der Waals surface area contributed by atoms with E-state index in [4.69, 9.17) is 0 Å². The first-order valence-electron chi connectivity index (χ1n) is 11.0. The number of alkyl halides is 3. The van der Waals surface area contributed by atoms with Crippen LogP contribution in [-0.2, 0) is 16.0 Å². The van der Waals surface area contributed by atoms with Crippen molar-refractivity contribution in [2.24, 2.45) is 0 Å². The van der Waals surface area contributed by atoms with Crippen molar-refractivity contribution in [2.45, 2.75) is 36.9 Å². The zero-order chi connectivity index (χ0) is 24.1. The molecule has 1 unspecified atom stereocenters. The number of aromatic nitrogens is 2. The van der Waals surface area contributed by atoms with Crippen molar-refractivity contribution in [3.63, 3.8) is 0 Å². The van der Waals surface area contributed by atoms with Gasteiger partial charge in [-0.05, 0) is 49.6 Å². The van der Waals surface area contributed by atoms with Gasteiger partial charge in [-0.2, -0.15) is 18.3 Å². The molecule has 178 valence electrons. The van der Waals surface area contributed by atoms with Crippen molar-refractivity contribution in [1.29, 1.82) is 0 Å². The highest BCUT2D eigenvalue weighted by Crippen LogP contribution is 2.43. The van der Waals surface area contributed by atoms with Crippen molar-refractivity contribution in [1.82, 2.24) is 9.78 Å². The second kappa shape index (κ2) is 8.19. The minimum Gasteiger partial charge on any atom is -0.372 e. The number of rotatable bonds is 4. The van der Waals surface area contributed by atoms with Gasteiger partial charge in [0.2, 0.25) is 9.84 Å². The van der Waals surface area contributed by atoms with Gasteiger partial charge in [0.15, 0.2) is 5.69 Å². The normalized spacial score (nSPS) is 18.7. The van der Waals surface area contributed by atoms with Gasteiger partial charge in [-0.15, -0.1) is 0 Å². The van der Waals surface area contributed by atoms with Gasteiger partial charge >= 0.3 is 6.18 Å². The molecule has 5 rings (SSSR count). The Kier molecular flexibility index (Phi) is 5.43. The minimum absolute atomic E-state index is 0.0306. The van der Waals surface area contributed by atoms with Gasteiger partial charge in [-0.25, -0.2) is 13.1 Å². The fourth-order valence-electron chi connectivity index (χ4n) is 4.60. The van der Waals surface area contributed by atoms with E-state index in [0.717, 1.165) is 42.4 Å². The molecule has 1 N–H and O–H groups in total. The molecule has 0 aliphatic carbocycles. The Morgan fingerprint density at radius 3 is 2.26 bits per heavy atom. The monoisotopic (exact) mass is 488 g/mol. The Labute approximate surface area is 195 Å². The van der Waals surface area contributed by atoms with E-state index < -0.39 is 27.7 Å². The summed E-state index contributed by atoms with van der Waals surface area (Å²) in [7, 11) is -4.04. The highest BCUT2D eigenvalue weighted by atomic mass is 32.2. The lowest BCUT2D eigenvalue weighted by atomic mass is 10.0. The molecule has 1 saturated heterocycles. The maximum Gasteiger partial charge on any atom is 0.435 e. The Balaban J connectivity index is 1.66. The highest BCUT2D eigenvalue weighted by molar-refractivity contribution is 7.95. The maximum absolute atomic E-state index is 13.7. The molecular formula is C24H23F3N4O2S. The quantitative estimate of drug-likeness (QED) is 0.545. The summed E-state index contributed by atoms with van der Waals surface area (Å²) >= 11 is 0. The molecule has 6 nitrogen and oxygen atoms in total. The van der Waals surface area contributed by atoms with Gasteiger partial charge < -0.3 is 10.2 Å². The van der Waals surface area contributed by atoms with Crippen molar-refractivity contribution in [3.05, 3.63) is 82.5 Å². The third-order valence-corrected chi connectivity index (χ3v) is 8.23. The van der Waals surface area contributed by atoms with Crippen LogP contribution >= 0.6 is 0 Å². The molecule has 0 spiro atoms. The lowest BCUT2D eigenvalue weighted by Crippen LogP contribution is -2.29. The van der Waals surface area contributed by atoms with Gasteiger partial charge in [0, 0.05) is 30.5 Å². The van der Waals surface area contributed by atoms with Crippen LogP contribution in [-0.4, -0.2) is 31.3 Å². The van der Waals surface area contributed by atoms with Gasteiger partial charge in [0.05, 0.1) is 9.80 Å². The fraction of sp³-hybridized carbons (Fsp3) is 0.292. The lowest BCUT2D eigenvalue weighted by Gasteiger charge is -2.30. The van der Waals surface area contributed by atoms with Crippen LogP contribution in [0.25, 0.3) is 0 Å². The molecule has 0 amide bonds. The number of anilines is 2. The molecule has 2 aliphatic heterocycles. The Bertz CT molecular complexity index is 1340. The topological polar surface area (TPSA) is 67.2 Å². The van der Waals surface area contributed by atoms with Crippen LogP contribution in [0.5, 0.6) is 0 Å². The van der Waals surface area contributed by atoms with Crippen LogP contribution < -0.4 is 10.2 Å². The largest absolute Gasteiger partial charge is 0.435 e. The van der Waals surface area contributed by atoms with E-state index >= 15 is 0 Å². The molecule has 2 aliphatic rings. The SMILES string of the molecule is CC1=C(S(=O)(=O)c2ccccc2)C(c2ccc(N3CCCC3)cc2)n2nc(C(F)(F)F)cc2N1. The number of sulfone groups is 1. The first-order valence-corrected chi connectivity index (χ1v) is 12.4. The number of hydrogen-bond acceptors (Lipinski definition) is 5. The molecule has 3 aromatic rings. The van der Waals surface area contributed by atoms with Crippen molar-refractivity contribution in [2.75, 3.05) is 23.3 Å². The van der Waals surface area contributed by atoms with Gasteiger partial charge in [0.25, 0.3) is 0 Å². The molecule has 10 heteroatoms. The standard InChI is InChI=1S/C24H23F3N4O2S/c1-16-23(34(32,33)19-7-3-2-4-8-19)22(31-21(28-16)15-20(29-31)24(25,26)27)17-9-11-18(12-10-17)30-13-5-6-14-30/h2-4,7-12,15,22,28H,5-6,13-14H2,1H3. The number of hydrogen-bond donors (Lipinski definition) is 1. The number of allylic oxidation sites excluding steroid dienone is 2. The van der Waals surface area contributed by atoms with Crippen LogP contribution in [0, 0.1) is 0 Å². The zero-order valence-electron chi connectivity index (χ0n) is 18.4. The first kappa shape index (κ1) is 22.5. The van der Waals surface area contributed by atoms with E-state index in [1.807, 2.05) is 12.1 Å². The molecule has 0 saturated carbocycles. The van der Waals surface area contributed by atoms with E-state index in [0.29, 0.717) is 5.56 Å². The molecule has 0 bridgehead atoms. The summed E-state index contributed by atoms with van der Waals surface area (Å²) in [5.74, 6) is 0.0884. The molecule has 34 heavy (non-hydrogen) atoms. The average Bonchev–Trinajstić information content (AvgIpc) is 3.49. The predicted octanol–water partition coefficient (Wildman–Crippen LogP) is 5.22.